The lowest BCUT2D eigenvalue weighted by molar-refractivity contribution is 0.249. The molecule has 0 radical (unpaired) electrons. The summed E-state index contributed by atoms with van der Waals surface area (Å²) in [6, 6.07) is 2.31. The molecule has 0 heterocycles. The zero-order valence-electron chi connectivity index (χ0n) is 6.68. The van der Waals surface area contributed by atoms with Gasteiger partial charge in [-0.1, -0.05) is 12.2 Å². The van der Waals surface area contributed by atoms with Gasteiger partial charge in [0.05, 0.1) is 8.80 Å². The predicted molar refractivity (Wildman–Crippen MR) is 49.0 cm³/mol. The van der Waals surface area contributed by atoms with Crippen LogP contribution in [0.2, 0.25) is 12.1 Å². The number of rotatable bonds is 6. The van der Waals surface area contributed by atoms with Crippen molar-refractivity contribution in [2.75, 3.05) is 13.3 Å². The molecule has 0 unspecified atom stereocenters. The van der Waals surface area contributed by atoms with Crippen molar-refractivity contribution in [1.29, 1.82) is 0 Å². The molecule has 0 saturated heterocycles. The average molecular weight is 156 g/mol. The second-order valence-electron chi connectivity index (χ2n) is 2.37. The van der Waals surface area contributed by atoms with Gasteiger partial charge in [-0.15, -0.1) is 13.2 Å². The zero-order chi connectivity index (χ0) is 7.82. The predicted octanol–water partition coefficient (Wildman–Crippen LogP) is 1.77. The van der Waals surface area contributed by atoms with Gasteiger partial charge in [-0.3, -0.25) is 0 Å². The molecule has 0 aromatic carbocycles. The minimum atomic E-state index is -0.692. The van der Waals surface area contributed by atoms with Crippen LogP contribution in [0.4, 0.5) is 0 Å². The fourth-order valence-electron chi connectivity index (χ4n) is 0.939. The van der Waals surface area contributed by atoms with Gasteiger partial charge < -0.3 is 4.74 Å². The average Bonchev–Trinajstić information content (AvgIpc) is 1.90. The Kier molecular flexibility index (Phi) is 6.54. The summed E-state index contributed by atoms with van der Waals surface area (Å²) >= 11 is 0. The lowest BCUT2D eigenvalue weighted by Gasteiger charge is -2.07. The Morgan fingerprint density at radius 1 is 1.30 bits per heavy atom. The fraction of sp³-hybridized carbons (Fsp3) is 0.500. The largest absolute Gasteiger partial charge is 0.388 e. The Morgan fingerprint density at radius 2 is 1.80 bits per heavy atom. The van der Waals surface area contributed by atoms with Gasteiger partial charge in [0.25, 0.3) is 0 Å². The van der Waals surface area contributed by atoms with E-state index in [0.29, 0.717) is 0 Å². The monoisotopic (exact) mass is 156 g/mol. The van der Waals surface area contributed by atoms with Gasteiger partial charge in [0.2, 0.25) is 0 Å². The first kappa shape index (κ1) is 9.66. The quantitative estimate of drug-likeness (QED) is 0.421. The molecule has 0 aromatic heterocycles. The number of ether oxygens (including phenoxy) is 1. The highest BCUT2D eigenvalue weighted by Crippen LogP contribution is 2.00. The van der Waals surface area contributed by atoms with Crippen LogP contribution in [0.3, 0.4) is 0 Å². The summed E-state index contributed by atoms with van der Waals surface area (Å²) in [7, 11) is 1.06. The lowest BCUT2D eigenvalue weighted by Crippen LogP contribution is -2.17. The van der Waals surface area contributed by atoms with Crippen LogP contribution in [0.25, 0.3) is 0 Å². The summed E-state index contributed by atoms with van der Waals surface area (Å²) in [6.45, 7) is 7.42. The van der Waals surface area contributed by atoms with E-state index < -0.39 is 8.80 Å². The van der Waals surface area contributed by atoms with Gasteiger partial charge in [0, 0.05) is 13.3 Å². The molecule has 0 aliphatic heterocycles. The highest BCUT2D eigenvalue weighted by Gasteiger charge is 2.04. The number of allylic oxidation sites excluding steroid dienone is 2. The van der Waals surface area contributed by atoms with Crippen LogP contribution in [-0.4, -0.2) is 22.1 Å². The minimum absolute atomic E-state index is 0.692. The number of methoxy groups -OCH3 is 1. The van der Waals surface area contributed by atoms with Crippen LogP contribution in [-0.2, 0) is 4.74 Å². The van der Waals surface area contributed by atoms with Crippen molar-refractivity contribution < 1.29 is 4.74 Å². The molecule has 0 bridgehead atoms. The normalized spacial score (nSPS) is 9.80. The maximum absolute atomic E-state index is 5.08. The van der Waals surface area contributed by atoms with E-state index in [1.54, 1.807) is 7.11 Å². The molecule has 1 nitrogen and oxygen atoms in total. The van der Waals surface area contributed by atoms with E-state index in [2.05, 4.69) is 13.2 Å². The topological polar surface area (TPSA) is 9.23 Å². The maximum atomic E-state index is 5.08. The van der Waals surface area contributed by atoms with Crippen molar-refractivity contribution in [3.8, 4) is 0 Å². The maximum Gasteiger partial charge on any atom is 0.0751 e. The van der Waals surface area contributed by atoms with Crippen molar-refractivity contribution >= 4 is 8.80 Å². The van der Waals surface area contributed by atoms with Crippen LogP contribution in [0.1, 0.15) is 0 Å². The number of hydrogen-bond acceptors (Lipinski definition) is 1. The molecule has 0 saturated carbocycles. The molecule has 0 atom stereocenters. The summed E-state index contributed by atoms with van der Waals surface area (Å²) in [4.78, 5) is 0. The molecule has 10 heavy (non-hydrogen) atoms. The SMILES string of the molecule is C=CC[SiH](CC=C)COC. The zero-order valence-corrected chi connectivity index (χ0v) is 7.83. The molecule has 58 valence electrons. The van der Waals surface area contributed by atoms with Crippen LogP contribution in [0.15, 0.2) is 25.3 Å². The highest BCUT2D eigenvalue weighted by atomic mass is 28.3. The van der Waals surface area contributed by atoms with Crippen LogP contribution >= 0.6 is 0 Å². The van der Waals surface area contributed by atoms with Crippen LogP contribution in [0.5, 0.6) is 0 Å². The molecular weight excluding hydrogens is 140 g/mol. The van der Waals surface area contributed by atoms with Gasteiger partial charge in [-0.2, -0.15) is 0 Å². The first-order valence-corrected chi connectivity index (χ1v) is 6.00. The summed E-state index contributed by atoms with van der Waals surface area (Å²) in [5, 5.41) is 0. The third-order valence-electron chi connectivity index (χ3n) is 1.40. The molecule has 0 aliphatic rings. The van der Waals surface area contributed by atoms with Crippen molar-refractivity contribution in [3.63, 3.8) is 0 Å². The van der Waals surface area contributed by atoms with Gasteiger partial charge in [0.1, 0.15) is 0 Å². The molecule has 0 aliphatic carbocycles. The van der Waals surface area contributed by atoms with E-state index >= 15 is 0 Å². The third kappa shape index (κ3) is 4.53. The van der Waals surface area contributed by atoms with E-state index in [-0.39, 0.29) is 0 Å². The van der Waals surface area contributed by atoms with Crippen molar-refractivity contribution in [2.24, 2.45) is 0 Å². The molecule has 0 fully saturated rings. The van der Waals surface area contributed by atoms with E-state index in [1.165, 1.54) is 0 Å². The standard InChI is InChI=1S/C8H16OSi/c1-4-6-10(7-5-2)8-9-3/h4-5,10H,1-2,6-8H2,3H3. The van der Waals surface area contributed by atoms with Crippen LogP contribution in [0, 0.1) is 0 Å². The molecule has 0 amide bonds. The summed E-state index contributed by atoms with van der Waals surface area (Å²) in [5.74, 6) is 0. The molecule has 0 spiro atoms. The Labute approximate surface area is 65.0 Å². The van der Waals surface area contributed by atoms with Gasteiger partial charge in [-0.05, 0) is 12.1 Å². The second kappa shape index (κ2) is 6.77. The lowest BCUT2D eigenvalue weighted by atomic mass is 10.7. The van der Waals surface area contributed by atoms with Crippen molar-refractivity contribution in [2.45, 2.75) is 12.1 Å². The Hall–Kier alpha value is -0.343. The summed E-state index contributed by atoms with van der Waals surface area (Å²) < 4.78 is 5.08. The van der Waals surface area contributed by atoms with E-state index in [9.17, 15) is 0 Å². The summed E-state index contributed by atoms with van der Waals surface area (Å²) in [5.41, 5.74) is 0. The van der Waals surface area contributed by atoms with E-state index in [1.807, 2.05) is 12.2 Å². The van der Waals surface area contributed by atoms with Gasteiger partial charge in [0.15, 0.2) is 0 Å². The molecular formula is C8H16OSi. The van der Waals surface area contributed by atoms with Gasteiger partial charge >= 0.3 is 0 Å². The minimum Gasteiger partial charge on any atom is -0.388 e. The highest BCUT2D eigenvalue weighted by molar-refractivity contribution is 6.59. The second-order valence-corrected chi connectivity index (χ2v) is 5.38. The third-order valence-corrected chi connectivity index (χ3v) is 4.21. The van der Waals surface area contributed by atoms with Crippen LogP contribution < -0.4 is 0 Å². The first-order valence-electron chi connectivity index (χ1n) is 3.55. The van der Waals surface area contributed by atoms with Crippen molar-refractivity contribution in [1.82, 2.24) is 0 Å². The summed E-state index contributed by atoms with van der Waals surface area (Å²) in [6.07, 6.45) is 4.91. The van der Waals surface area contributed by atoms with E-state index in [4.69, 9.17) is 4.74 Å². The Bertz CT molecular complexity index is 91.4. The van der Waals surface area contributed by atoms with Gasteiger partial charge in [-0.25, -0.2) is 0 Å². The molecule has 0 rings (SSSR count). The molecule has 2 heteroatoms. The molecule has 0 aromatic rings. The fourth-order valence-corrected chi connectivity index (χ4v) is 2.82. The number of hydrogen-bond donors (Lipinski definition) is 0. The van der Waals surface area contributed by atoms with Crippen molar-refractivity contribution in [3.05, 3.63) is 25.3 Å². The van der Waals surface area contributed by atoms with E-state index in [0.717, 1.165) is 18.3 Å². The smallest absolute Gasteiger partial charge is 0.0751 e. The Morgan fingerprint density at radius 3 is 2.10 bits per heavy atom. The molecule has 0 N–H and O–H groups in total. The first-order chi connectivity index (χ1) is 4.85. The Balaban J connectivity index is 3.48.